The normalized spacial score (nSPS) is 9.44. The predicted octanol–water partition coefficient (Wildman–Crippen LogP) is 1.23. The van der Waals surface area contributed by atoms with Crippen molar-refractivity contribution < 1.29 is 0 Å². The van der Waals surface area contributed by atoms with Gasteiger partial charge in [0.1, 0.15) is 5.82 Å². The molecule has 0 saturated heterocycles. The van der Waals surface area contributed by atoms with Crippen LogP contribution in [0.1, 0.15) is 13.3 Å². The number of rotatable bonds is 3. The lowest BCUT2D eigenvalue weighted by atomic mass is 10.5. The monoisotopic (exact) mass is 125 g/mol. The standard InChI is InChI=1S/C6H11N3/c1-2-3-8-6-4-7-5-9-6/h4-5,8H,2-3H2,1H3,(H,7,9). The van der Waals surface area contributed by atoms with Crippen molar-refractivity contribution in [3.05, 3.63) is 12.5 Å². The summed E-state index contributed by atoms with van der Waals surface area (Å²) in [5.74, 6) is 0.997. The molecular weight excluding hydrogens is 114 g/mol. The molecule has 3 nitrogen and oxygen atoms in total. The van der Waals surface area contributed by atoms with Gasteiger partial charge in [0.05, 0.1) is 12.5 Å². The molecule has 0 aromatic carbocycles. The van der Waals surface area contributed by atoms with Crippen molar-refractivity contribution >= 4 is 5.82 Å². The van der Waals surface area contributed by atoms with Crippen molar-refractivity contribution in [1.82, 2.24) is 9.97 Å². The van der Waals surface area contributed by atoms with Gasteiger partial charge >= 0.3 is 0 Å². The zero-order valence-corrected chi connectivity index (χ0v) is 5.52. The molecule has 1 rings (SSSR count). The van der Waals surface area contributed by atoms with E-state index in [0.29, 0.717) is 0 Å². The maximum atomic E-state index is 3.86. The maximum absolute atomic E-state index is 3.86. The minimum Gasteiger partial charge on any atom is -0.370 e. The van der Waals surface area contributed by atoms with E-state index in [1.807, 2.05) is 0 Å². The van der Waals surface area contributed by atoms with Gasteiger partial charge in [-0.25, -0.2) is 4.98 Å². The summed E-state index contributed by atoms with van der Waals surface area (Å²) in [6.45, 7) is 3.13. The number of anilines is 1. The lowest BCUT2D eigenvalue weighted by Crippen LogP contribution is -1.98. The van der Waals surface area contributed by atoms with Crippen LogP contribution in [0.25, 0.3) is 0 Å². The summed E-state index contributed by atoms with van der Waals surface area (Å²) in [7, 11) is 0. The zero-order valence-electron chi connectivity index (χ0n) is 5.52. The fourth-order valence-electron chi connectivity index (χ4n) is 0.612. The van der Waals surface area contributed by atoms with Gasteiger partial charge in [0.25, 0.3) is 0 Å². The Kier molecular flexibility index (Phi) is 2.13. The van der Waals surface area contributed by atoms with Gasteiger partial charge in [0, 0.05) is 6.54 Å². The summed E-state index contributed by atoms with van der Waals surface area (Å²) in [4.78, 5) is 6.81. The van der Waals surface area contributed by atoms with Crippen molar-refractivity contribution in [2.45, 2.75) is 13.3 Å². The molecule has 3 heteroatoms. The number of aromatic amines is 1. The maximum Gasteiger partial charge on any atom is 0.123 e. The average molecular weight is 125 g/mol. The molecule has 1 aromatic rings. The summed E-state index contributed by atoms with van der Waals surface area (Å²) in [5.41, 5.74) is 0. The first-order chi connectivity index (χ1) is 4.43. The molecule has 0 atom stereocenters. The Morgan fingerprint density at radius 2 is 2.67 bits per heavy atom. The molecule has 0 spiro atoms. The van der Waals surface area contributed by atoms with E-state index in [4.69, 9.17) is 0 Å². The van der Waals surface area contributed by atoms with Crippen molar-refractivity contribution in [1.29, 1.82) is 0 Å². The molecule has 0 radical (unpaired) electrons. The smallest absolute Gasteiger partial charge is 0.123 e. The Morgan fingerprint density at radius 3 is 3.22 bits per heavy atom. The van der Waals surface area contributed by atoms with Crippen molar-refractivity contribution in [2.24, 2.45) is 0 Å². The second-order valence-electron chi connectivity index (χ2n) is 1.89. The SMILES string of the molecule is CCCNc1cnc[nH]1. The van der Waals surface area contributed by atoms with E-state index in [0.717, 1.165) is 18.8 Å². The number of nitrogens with zero attached hydrogens (tertiary/aromatic N) is 1. The zero-order chi connectivity index (χ0) is 6.53. The van der Waals surface area contributed by atoms with Crippen molar-refractivity contribution in [3.8, 4) is 0 Å². The van der Waals surface area contributed by atoms with Crippen LogP contribution in [-0.2, 0) is 0 Å². The van der Waals surface area contributed by atoms with Gasteiger partial charge in [0.2, 0.25) is 0 Å². The summed E-state index contributed by atoms with van der Waals surface area (Å²) >= 11 is 0. The second kappa shape index (κ2) is 3.12. The van der Waals surface area contributed by atoms with Gasteiger partial charge in [-0.2, -0.15) is 0 Å². The van der Waals surface area contributed by atoms with Crippen LogP contribution in [0.2, 0.25) is 0 Å². The van der Waals surface area contributed by atoms with Gasteiger partial charge < -0.3 is 10.3 Å². The molecule has 1 aromatic heterocycles. The Hall–Kier alpha value is -0.990. The van der Waals surface area contributed by atoms with E-state index >= 15 is 0 Å². The Balaban J connectivity index is 2.30. The topological polar surface area (TPSA) is 40.7 Å². The first-order valence-corrected chi connectivity index (χ1v) is 3.15. The van der Waals surface area contributed by atoms with Crippen LogP contribution in [0, 0.1) is 0 Å². The second-order valence-corrected chi connectivity index (χ2v) is 1.89. The summed E-state index contributed by atoms with van der Waals surface area (Å²) < 4.78 is 0. The van der Waals surface area contributed by atoms with Gasteiger partial charge in [-0.05, 0) is 6.42 Å². The van der Waals surface area contributed by atoms with Crippen molar-refractivity contribution in [3.63, 3.8) is 0 Å². The van der Waals surface area contributed by atoms with E-state index in [1.54, 1.807) is 12.5 Å². The third-order valence-corrected chi connectivity index (χ3v) is 1.06. The first-order valence-electron chi connectivity index (χ1n) is 3.15. The lowest BCUT2D eigenvalue weighted by molar-refractivity contribution is 0.972. The first kappa shape index (κ1) is 6.13. The van der Waals surface area contributed by atoms with E-state index in [9.17, 15) is 0 Å². The number of nitrogens with one attached hydrogen (secondary N) is 2. The minimum atomic E-state index is 0.997. The number of aromatic nitrogens is 2. The highest BCUT2D eigenvalue weighted by Crippen LogP contribution is 1.96. The van der Waals surface area contributed by atoms with Gasteiger partial charge in [-0.15, -0.1) is 0 Å². The van der Waals surface area contributed by atoms with Crippen LogP contribution in [0.3, 0.4) is 0 Å². The number of imidazole rings is 1. The lowest BCUT2D eigenvalue weighted by Gasteiger charge is -1.97. The average Bonchev–Trinajstić information content (AvgIpc) is 2.34. The Bertz CT molecular complexity index is 145. The van der Waals surface area contributed by atoms with Gasteiger partial charge in [0.15, 0.2) is 0 Å². The molecule has 0 aliphatic heterocycles. The molecule has 0 amide bonds. The highest BCUT2D eigenvalue weighted by atomic mass is 15.0. The molecule has 0 unspecified atom stereocenters. The highest BCUT2D eigenvalue weighted by molar-refractivity contribution is 5.29. The Morgan fingerprint density at radius 1 is 1.78 bits per heavy atom. The number of H-pyrrole nitrogens is 1. The Labute approximate surface area is 54.5 Å². The largest absolute Gasteiger partial charge is 0.370 e. The predicted molar refractivity (Wildman–Crippen MR) is 37.4 cm³/mol. The molecule has 1 heterocycles. The van der Waals surface area contributed by atoms with Crippen LogP contribution in [0.5, 0.6) is 0 Å². The third kappa shape index (κ3) is 1.76. The summed E-state index contributed by atoms with van der Waals surface area (Å²) in [6, 6.07) is 0. The van der Waals surface area contributed by atoms with Crippen molar-refractivity contribution in [2.75, 3.05) is 11.9 Å². The molecule has 9 heavy (non-hydrogen) atoms. The van der Waals surface area contributed by atoms with Gasteiger partial charge in [-0.1, -0.05) is 6.92 Å². The molecule has 0 saturated carbocycles. The minimum absolute atomic E-state index is 0.997. The van der Waals surface area contributed by atoms with Crippen LogP contribution < -0.4 is 5.32 Å². The quantitative estimate of drug-likeness (QED) is 0.638. The molecule has 0 aliphatic rings. The third-order valence-electron chi connectivity index (χ3n) is 1.06. The number of hydrogen-bond donors (Lipinski definition) is 2. The molecule has 2 N–H and O–H groups in total. The van der Waals surface area contributed by atoms with Crippen LogP contribution in [0.4, 0.5) is 5.82 Å². The molecule has 0 aliphatic carbocycles. The van der Waals surface area contributed by atoms with Gasteiger partial charge in [-0.3, -0.25) is 0 Å². The van der Waals surface area contributed by atoms with Crippen LogP contribution >= 0.6 is 0 Å². The fraction of sp³-hybridized carbons (Fsp3) is 0.500. The fourth-order valence-corrected chi connectivity index (χ4v) is 0.612. The summed E-state index contributed by atoms with van der Waals surface area (Å²) in [5, 5.41) is 3.16. The van der Waals surface area contributed by atoms with Crippen LogP contribution in [-0.4, -0.2) is 16.5 Å². The van der Waals surface area contributed by atoms with E-state index in [-0.39, 0.29) is 0 Å². The molecule has 0 fully saturated rings. The van der Waals surface area contributed by atoms with E-state index < -0.39 is 0 Å². The van der Waals surface area contributed by atoms with E-state index in [2.05, 4.69) is 22.2 Å². The molecule has 50 valence electrons. The van der Waals surface area contributed by atoms with Crippen LogP contribution in [0.15, 0.2) is 12.5 Å². The highest BCUT2D eigenvalue weighted by Gasteiger charge is 1.86. The molecule has 0 bridgehead atoms. The van der Waals surface area contributed by atoms with E-state index in [1.165, 1.54) is 0 Å². The summed E-state index contributed by atoms with van der Waals surface area (Å²) in [6.07, 6.45) is 4.58. The molecular formula is C6H11N3. The number of hydrogen-bond acceptors (Lipinski definition) is 2.